The Kier molecular flexibility index (Phi) is 7.22. The van der Waals surface area contributed by atoms with Crippen LogP contribution < -0.4 is 5.32 Å². The second kappa shape index (κ2) is 9.08. The third-order valence-electron chi connectivity index (χ3n) is 4.33. The van der Waals surface area contributed by atoms with Gasteiger partial charge in [-0.05, 0) is 59.2 Å². The van der Waals surface area contributed by atoms with Crippen molar-refractivity contribution in [2.24, 2.45) is 4.36 Å². The van der Waals surface area contributed by atoms with E-state index in [1.807, 2.05) is 27.7 Å². The minimum Gasteiger partial charge on any atom is -0.439 e. The molecule has 0 atom stereocenters. The SMILES string of the molecule is CC(C)c1cc(C#N)cc(C(C)C)c1NC(=O)N=[S-](=O)c1ccc(C(C)(C)O)s1. The van der Waals surface area contributed by atoms with E-state index in [0.29, 0.717) is 20.3 Å². The molecule has 2 N–H and O–H groups in total. The van der Waals surface area contributed by atoms with Gasteiger partial charge in [0.15, 0.2) is 0 Å². The van der Waals surface area contributed by atoms with Gasteiger partial charge in [0.25, 0.3) is 0 Å². The molecular weight excluding hydrogens is 406 g/mol. The van der Waals surface area contributed by atoms with Crippen molar-refractivity contribution in [3.05, 3.63) is 45.8 Å². The Balaban J connectivity index is 2.39. The molecule has 0 saturated heterocycles. The van der Waals surface area contributed by atoms with Crippen molar-refractivity contribution in [1.82, 2.24) is 0 Å². The van der Waals surface area contributed by atoms with Gasteiger partial charge in [0.05, 0.1) is 17.2 Å². The Bertz CT molecular complexity index is 1010. The number of anilines is 1. The summed E-state index contributed by atoms with van der Waals surface area (Å²) in [6, 6.07) is 8.26. The molecule has 1 aromatic carbocycles. The van der Waals surface area contributed by atoms with Gasteiger partial charge in [-0.1, -0.05) is 33.8 Å². The van der Waals surface area contributed by atoms with Crippen molar-refractivity contribution in [1.29, 1.82) is 5.26 Å². The topological polar surface area (TPSA) is 103 Å². The summed E-state index contributed by atoms with van der Waals surface area (Å²) in [5, 5.41) is 22.1. The van der Waals surface area contributed by atoms with E-state index in [0.717, 1.165) is 22.5 Å². The number of nitriles is 1. The number of aliphatic hydroxyl groups is 1. The molecular formula is C21H26N3O3S2-. The molecule has 29 heavy (non-hydrogen) atoms. The zero-order valence-corrected chi connectivity index (χ0v) is 19.1. The maximum atomic E-state index is 12.5. The first kappa shape index (κ1) is 23.1. The number of urea groups is 1. The van der Waals surface area contributed by atoms with Crippen LogP contribution in [-0.4, -0.2) is 11.1 Å². The minimum atomic E-state index is -1.87. The summed E-state index contributed by atoms with van der Waals surface area (Å²) in [4.78, 5) is 13.2. The number of carbonyl (C=O) groups excluding carboxylic acids is 1. The number of nitrogens with one attached hydrogen (secondary N) is 1. The van der Waals surface area contributed by atoms with E-state index in [9.17, 15) is 19.4 Å². The molecule has 0 radical (unpaired) electrons. The van der Waals surface area contributed by atoms with Crippen molar-refractivity contribution in [3.8, 4) is 6.07 Å². The van der Waals surface area contributed by atoms with Crippen molar-refractivity contribution >= 4 is 33.7 Å². The number of rotatable bonds is 5. The Morgan fingerprint density at radius 3 is 2.17 bits per heavy atom. The summed E-state index contributed by atoms with van der Waals surface area (Å²) in [5.41, 5.74) is 1.78. The van der Waals surface area contributed by atoms with Crippen LogP contribution in [0.1, 0.15) is 74.9 Å². The fourth-order valence-corrected chi connectivity index (χ4v) is 4.68. The van der Waals surface area contributed by atoms with Crippen molar-refractivity contribution in [2.75, 3.05) is 5.32 Å². The lowest BCUT2D eigenvalue weighted by Crippen LogP contribution is -2.13. The Morgan fingerprint density at radius 1 is 1.21 bits per heavy atom. The molecule has 6 nitrogen and oxygen atoms in total. The molecule has 0 fully saturated rings. The van der Waals surface area contributed by atoms with Gasteiger partial charge in [-0.25, -0.2) is 4.79 Å². The van der Waals surface area contributed by atoms with Crippen LogP contribution in [0.5, 0.6) is 0 Å². The molecule has 1 aromatic heterocycles. The van der Waals surface area contributed by atoms with Gasteiger partial charge in [0.2, 0.25) is 0 Å². The predicted molar refractivity (Wildman–Crippen MR) is 117 cm³/mol. The van der Waals surface area contributed by atoms with Crippen LogP contribution in [0, 0.1) is 11.3 Å². The van der Waals surface area contributed by atoms with E-state index in [1.165, 1.54) is 0 Å². The van der Waals surface area contributed by atoms with E-state index in [2.05, 4.69) is 15.7 Å². The van der Waals surface area contributed by atoms with Gasteiger partial charge in [0, 0.05) is 10.6 Å². The highest BCUT2D eigenvalue weighted by molar-refractivity contribution is 7.78. The summed E-state index contributed by atoms with van der Waals surface area (Å²) >= 11 is 1.16. The highest BCUT2D eigenvalue weighted by Crippen LogP contribution is 2.34. The lowest BCUT2D eigenvalue weighted by Gasteiger charge is -2.20. The van der Waals surface area contributed by atoms with Gasteiger partial charge in [-0.15, -0.1) is 10.6 Å². The van der Waals surface area contributed by atoms with E-state index in [1.54, 1.807) is 38.1 Å². The molecule has 8 heteroatoms. The number of amides is 2. The second-order valence-corrected chi connectivity index (χ2v) is 10.4. The average Bonchev–Trinajstić information content (AvgIpc) is 3.11. The van der Waals surface area contributed by atoms with E-state index in [-0.39, 0.29) is 11.8 Å². The fourth-order valence-electron chi connectivity index (χ4n) is 2.80. The number of hydrogen-bond donors (Lipinski definition) is 2. The smallest absolute Gasteiger partial charge is 0.322 e. The summed E-state index contributed by atoms with van der Waals surface area (Å²) in [6.45, 7) is 11.2. The van der Waals surface area contributed by atoms with Gasteiger partial charge in [-0.2, -0.15) is 16.6 Å². The molecule has 0 aliphatic heterocycles. The standard InChI is InChI=1S/C21H26N3O3S2/c1-12(2)15-9-14(11-22)10-16(13(3)4)19(15)23-20(25)24-29(27)18-8-7-17(28-18)21(5,6)26/h7-10,12-13,26H,1-6H3,(H,23,25)/q-1. The third-order valence-corrected chi connectivity index (χ3v) is 7.01. The molecule has 0 aliphatic carbocycles. The molecule has 2 rings (SSSR count). The first-order valence-corrected chi connectivity index (χ1v) is 11.2. The molecule has 0 spiro atoms. The molecule has 0 saturated carbocycles. The van der Waals surface area contributed by atoms with Crippen LogP contribution in [0.3, 0.4) is 0 Å². The lowest BCUT2D eigenvalue weighted by molar-refractivity contribution is 0.0825. The van der Waals surface area contributed by atoms with Gasteiger partial charge in [-0.3, -0.25) is 0 Å². The molecule has 1 heterocycles. The van der Waals surface area contributed by atoms with E-state index >= 15 is 0 Å². The maximum absolute atomic E-state index is 12.5. The number of hydrogen-bond acceptors (Lipinski definition) is 6. The Morgan fingerprint density at radius 2 is 1.76 bits per heavy atom. The molecule has 0 unspecified atom stereocenters. The second-order valence-electron chi connectivity index (χ2n) is 7.90. The van der Waals surface area contributed by atoms with Crippen LogP contribution >= 0.6 is 11.3 Å². The van der Waals surface area contributed by atoms with Crippen molar-refractivity contribution < 1.29 is 14.1 Å². The molecule has 0 bridgehead atoms. The van der Waals surface area contributed by atoms with Crippen LogP contribution in [0.25, 0.3) is 0 Å². The van der Waals surface area contributed by atoms with Crippen LogP contribution in [0.15, 0.2) is 32.8 Å². The first-order valence-electron chi connectivity index (χ1n) is 9.29. The highest BCUT2D eigenvalue weighted by Gasteiger charge is 2.18. The quantitative estimate of drug-likeness (QED) is 0.580. The average molecular weight is 433 g/mol. The lowest BCUT2D eigenvalue weighted by atomic mass is 9.90. The zero-order chi connectivity index (χ0) is 21.9. The molecule has 156 valence electrons. The third kappa shape index (κ3) is 5.66. The van der Waals surface area contributed by atoms with Crippen LogP contribution in [-0.2, 0) is 20.4 Å². The van der Waals surface area contributed by atoms with Crippen molar-refractivity contribution in [3.63, 3.8) is 0 Å². The van der Waals surface area contributed by atoms with Crippen LogP contribution in [0.4, 0.5) is 10.5 Å². The van der Waals surface area contributed by atoms with Gasteiger partial charge in [0.1, 0.15) is 0 Å². The maximum Gasteiger partial charge on any atom is 0.322 e. The van der Waals surface area contributed by atoms with E-state index < -0.39 is 22.2 Å². The monoisotopic (exact) mass is 432 g/mol. The zero-order valence-electron chi connectivity index (χ0n) is 17.4. The number of thiophene rings is 1. The largest absolute Gasteiger partial charge is 0.439 e. The summed E-state index contributed by atoms with van der Waals surface area (Å²) in [7, 11) is -1.87. The molecule has 2 aromatic rings. The van der Waals surface area contributed by atoms with E-state index in [4.69, 9.17) is 0 Å². The van der Waals surface area contributed by atoms with Gasteiger partial charge < -0.3 is 19.0 Å². The number of carbonyl (C=O) groups is 1. The fraction of sp³-hybridized carbons (Fsp3) is 0.429. The minimum absolute atomic E-state index is 0.0771. The Labute approximate surface area is 177 Å². The van der Waals surface area contributed by atoms with Crippen LogP contribution in [0.2, 0.25) is 0 Å². The predicted octanol–water partition coefficient (Wildman–Crippen LogP) is 5.83. The first-order chi connectivity index (χ1) is 13.4. The Hall–Kier alpha value is -2.21. The highest BCUT2D eigenvalue weighted by atomic mass is 32.2. The summed E-state index contributed by atoms with van der Waals surface area (Å²) in [6.07, 6.45) is 0. The number of benzene rings is 1. The summed E-state index contributed by atoms with van der Waals surface area (Å²) in [5.74, 6) is 0.154. The molecule has 0 aliphatic rings. The number of nitrogens with zero attached hydrogens (tertiary/aromatic N) is 2. The van der Waals surface area contributed by atoms with Gasteiger partial charge >= 0.3 is 6.03 Å². The molecule has 2 amide bonds. The van der Waals surface area contributed by atoms with Crippen molar-refractivity contribution in [2.45, 2.75) is 63.2 Å². The normalized spacial score (nSPS) is 13.0. The summed E-state index contributed by atoms with van der Waals surface area (Å²) < 4.78 is 16.7.